The van der Waals surface area contributed by atoms with Crippen LogP contribution in [0.5, 0.6) is 5.75 Å². The van der Waals surface area contributed by atoms with E-state index < -0.39 is 11.8 Å². The van der Waals surface area contributed by atoms with Crippen molar-refractivity contribution in [1.82, 2.24) is 15.1 Å². The topological polar surface area (TPSA) is 61.9 Å². The summed E-state index contributed by atoms with van der Waals surface area (Å²) in [6, 6.07) is 7.45. The molecule has 0 aromatic heterocycles. The molecule has 1 aliphatic rings. The summed E-state index contributed by atoms with van der Waals surface area (Å²) < 4.78 is 5.09. The summed E-state index contributed by atoms with van der Waals surface area (Å²) in [4.78, 5) is 27.3. The zero-order valence-electron chi connectivity index (χ0n) is 12.5. The Labute approximate surface area is 124 Å². The Morgan fingerprint density at radius 3 is 2.43 bits per heavy atom. The number of likely N-dealkylation sites (N-methyl/N-ethyl adjacent to an activating group) is 1. The summed E-state index contributed by atoms with van der Waals surface area (Å²) in [6.07, 6.45) is 0. The van der Waals surface area contributed by atoms with Gasteiger partial charge in [0.1, 0.15) is 5.75 Å². The van der Waals surface area contributed by atoms with Gasteiger partial charge in [0.05, 0.1) is 7.11 Å². The number of rotatable bonds is 3. The van der Waals surface area contributed by atoms with Crippen LogP contribution < -0.4 is 10.1 Å². The molecule has 0 unspecified atom stereocenters. The smallest absolute Gasteiger partial charge is 0.312 e. The molecule has 2 amide bonds. The van der Waals surface area contributed by atoms with Crippen LogP contribution in [0.2, 0.25) is 0 Å². The van der Waals surface area contributed by atoms with Crippen LogP contribution in [0.3, 0.4) is 0 Å². The van der Waals surface area contributed by atoms with Gasteiger partial charge in [-0.05, 0) is 17.7 Å². The van der Waals surface area contributed by atoms with Crippen LogP contribution in [-0.4, -0.2) is 62.0 Å². The minimum absolute atomic E-state index is 0.403. The van der Waals surface area contributed by atoms with Gasteiger partial charge in [-0.15, -0.1) is 0 Å². The van der Waals surface area contributed by atoms with Gasteiger partial charge < -0.3 is 19.9 Å². The van der Waals surface area contributed by atoms with Crippen molar-refractivity contribution in [3.63, 3.8) is 0 Å². The Morgan fingerprint density at radius 1 is 1.24 bits per heavy atom. The monoisotopic (exact) mass is 291 g/mol. The molecule has 1 aromatic rings. The zero-order chi connectivity index (χ0) is 15.2. The van der Waals surface area contributed by atoms with E-state index in [2.05, 4.69) is 5.32 Å². The first kappa shape index (κ1) is 15.3. The molecule has 0 radical (unpaired) electrons. The highest BCUT2D eigenvalue weighted by molar-refractivity contribution is 6.34. The number of hydrogen-bond donors (Lipinski definition) is 1. The summed E-state index contributed by atoms with van der Waals surface area (Å²) in [6.45, 7) is 3.05. The van der Waals surface area contributed by atoms with Crippen LogP contribution in [0.4, 0.5) is 0 Å². The Bertz CT molecular complexity index is 495. The van der Waals surface area contributed by atoms with Gasteiger partial charge in [-0.2, -0.15) is 0 Å². The van der Waals surface area contributed by atoms with Gasteiger partial charge in [0.2, 0.25) is 0 Å². The number of benzene rings is 1. The standard InChI is InChI=1S/C15H21N3O3/c1-17(11-12-3-5-13(21-2)6-4-12)14(19)15(20)18-9-7-16-8-10-18/h3-6,16H,7-11H2,1-2H3. The predicted molar refractivity (Wildman–Crippen MR) is 78.9 cm³/mol. The lowest BCUT2D eigenvalue weighted by atomic mass is 10.2. The van der Waals surface area contributed by atoms with Crippen LogP contribution in [-0.2, 0) is 16.1 Å². The van der Waals surface area contributed by atoms with Gasteiger partial charge in [0.25, 0.3) is 0 Å². The van der Waals surface area contributed by atoms with E-state index >= 15 is 0 Å². The third-order valence-electron chi connectivity index (χ3n) is 3.51. The zero-order valence-corrected chi connectivity index (χ0v) is 12.5. The molecule has 0 saturated carbocycles. The number of methoxy groups -OCH3 is 1. The third kappa shape index (κ3) is 3.95. The Balaban J connectivity index is 1.93. The second-order valence-corrected chi connectivity index (χ2v) is 5.05. The molecule has 2 rings (SSSR count). The van der Waals surface area contributed by atoms with E-state index in [1.807, 2.05) is 24.3 Å². The first-order valence-electron chi connectivity index (χ1n) is 7.00. The second-order valence-electron chi connectivity index (χ2n) is 5.05. The molecule has 1 fully saturated rings. The molecule has 6 heteroatoms. The molecule has 6 nitrogen and oxygen atoms in total. The van der Waals surface area contributed by atoms with Gasteiger partial charge in [-0.25, -0.2) is 0 Å². The normalized spacial score (nSPS) is 14.7. The van der Waals surface area contributed by atoms with E-state index in [1.165, 1.54) is 4.90 Å². The van der Waals surface area contributed by atoms with Gasteiger partial charge >= 0.3 is 11.8 Å². The minimum atomic E-state index is -0.465. The number of carbonyl (C=O) groups excluding carboxylic acids is 2. The highest BCUT2D eigenvalue weighted by Crippen LogP contribution is 2.12. The summed E-state index contributed by atoms with van der Waals surface area (Å²) in [7, 11) is 3.25. The maximum atomic E-state index is 12.2. The highest BCUT2D eigenvalue weighted by atomic mass is 16.5. The van der Waals surface area contributed by atoms with E-state index in [4.69, 9.17) is 4.74 Å². The van der Waals surface area contributed by atoms with Crippen molar-refractivity contribution in [2.45, 2.75) is 6.54 Å². The first-order chi connectivity index (χ1) is 10.1. The van der Waals surface area contributed by atoms with E-state index in [1.54, 1.807) is 19.1 Å². The SMILES string of the molecule is COc1ccc(CN(C)C(=O)C(=O)N2CCNCC2)cc1. The van der Waals surface area contributed by atoms with Crippen LogP contribution >= 0.6 is 0 Å². The number of nitrogens with zero attached hydrogens (tertiary/aromatic N) is 2. The van der Waals surface area contributed by atoms with Crippen molar-refractivity contribution in [3.8, 4) is 5.75 Å². The van der Waals surface area contributed by atoms with Crippen molar-refractivity contribution >= 4 is 11.8 Å². The fraction of sp³-hybridized carbons (Fsp3) is 0.467. The van der Waals surface area contributed by atoms with Crippen molar-refractivity contribution in [2.24, 2.45) is 0 Å². The average Bonchev–Trinajstić information content (AvgIpc) is 2.55. The van der Waals surface area contributed by atoms with E-state index in [-0.39, 0.29) is 0 Å². The molecule has 1 N–H and O–H groups in total. The number of hydrogen-bond acceptors (Lipinski definition) is 4. The number of amides is 2. The Kier molecular flexibility index (Phi) is 5.16. The highest BCUT2D eigenvalue weighted by Gasteiger charge is 2.25. The molecule has 1 aliphatic heterocycles. The predicted octanol–water partition coefficient (Wildman–Crippen LogP) is 0.0854. The van der Waals surface area contributed by atoms with Crippen molar-refractivity contribution in [3.05, 3.63) is 29.8 Å². The summed E-state index contributed by atoms with van der Waals surface area (Å²) in [5.41, 5.74) is 0.958. The molecular weight excluding hydrogens is 270 g/mol. The molecular formula is C15H21N3O3. The fourth-order valence-corrected chi connectivity index (χ4v) is 2.24. The molecule has 1 heterocycles. The number of nitrogens with one attached hydrogen (secondary N) is 1. The lowest BCUT2D eigenvalue weighted by Gasteiger charge is -2.28. The summed E-state index contributed by atoms with van der Waals surface area (Å²) in [5, 5.41) is 3.16. The molecule has 1 aromatic carbocycles. The van der Waals surface area contributed by atoms with Crippen LogP contribution in [0.25, 0.3) is 0 Å². The third-order valence-corrected chi connectivity index (χ3v) is 3.51. The van der Waals surface area contributed by atoms with E-state index in [0.29, 0.717) is 19.6 Å². The lowest BCUT2D eigenvalue weighted by Crippen LogP contribution is -2.51. The maximum absolute atomic E-state index is 12.2. The quantitative estimate of drug-likeness (QED) is 0.802. The molecule has 0 atom stereocenters. The molecule has 1 saturated heterocycles. The second kappa shape index (κ2) is 7.08. The van der Waals surface area contributed by atoms with Crippen molar-refractivity contribution in [1.29, 1.82) is 0 Å². The lowest BCUT2D eigenvalue weighted by molar-refractivity contribution is -0.151. The van der Waals surface area contributed by atoms with Gasteiger partial charge in [0.15, 0.2) is 0 Å². The summed E-state index contributed by atoms with van der Waals surface area (Å²) >= 11 is 0. The van der Waals surface area contributed by atoms with Gasteiger partial charge in [0, 0.05) is 39.8 Å². The van der Waals surface area contributed by atoms with Crippen LogP contribution in [0.15, 0.2) is 24.3 Å². The fourth-order valence-electron chi connectivity index (χ4n) is 2.24. The summed E-state index contributed by atoms with van der Waals surface area (Å²) in [5.74, 6) is -0.121. The maximum Gasteiger partial charge on any atom is 0.312 e. The number of piperazine rings is 1. The molecule has 21 heavy (non-hydrogen) atoms. The molecule has 114 valence electrons. The Hall–Kier alpha value is -2.08. The van der Waals surface area contributed by atoms with Crippen LogP contribution in [0, 0.1) is 0 Å². The average molecular weight is 291 g/mol. The van der Waals surface area contributed by atoms with Crippen molar-refractivity contribution < 1.29 is 14.3 Å². The minimum Gasteiger partial charge on any atom is -0.497 e. The van der Waals surface area contributed by atoms with Gasteiger partial charge in [-0.3, -0.25) is 9.59 Å². The molecule has 0 spiro atoms. The van der Waals surface area contributed by atoms with E-state index in [0.717, 1.165) is 24.4 Å². The number of carbonyl (C=O) groups is 2. The van der Waals surface area contributed by atoms with Crippen LogP contribution in [0.1, 0.15) is 5.56 Å². The van der Waals surface area contributed by atoms with Gasteiger partial charge in [-0.1, -0.05) is 12.1 Å². The Morgan fingerprint density at radius 2 is 1.86 bits per heavy atom. The first-order valence-corrected chi connectivity index (χ1v) is 7.00. The number of ether oxygens (including phenoxy) is 1. The largest absolute Gasteiger partial charge is 0.497 e. The molecule has 0 bridgehead atoms. The van der Waals surface area contributed by atoms with Crippen molar-refractivity contribution in [2.75, 3.05) is 40.3 Å². The van der Waals surface area contributed by atoms with E-state index in [9.17, 15) is 9.59 Å². The molecule has 0 aliphatic carbocycles.